The Hall–Kier alpha value is -1.60. The predicted molar refractivity (Wildman–Crippen MR) is 65.7 cm³/mol. The van der Waals surface area contributed by atoms with E-state index in [0.29, 0.717) is 11.4 Å². The summed E-state index contributed by atoms with van der Waals surface area (Å²) in [4.78, 5) is 4.39. The van der Waals surface area contributed by atoms with E-state index < -0.39 is 0 Å². The van der Waals surface area contributed by atoms with E-state index >= 15 is 0 Å². The molecule has 2 rings (SSSR count). The van der Waals surface area contributed by atoms with Crippen LogP contribution >= 0.6 is 0 Å². The molecule has 4 nitrogen and oxygen atoms in total. The Labute approximate surface area is 102 Å². The van der Waals surface area contributed by atoms with Gasteiger partial charge in [-0.15, -0.1) is 0 Å². The molecule has 1 heterocycles. The molecule has 1 N–H and O–H groups in total. The number of methoxy groups -OCH3 is 1. The Kier molecular flexibility index (Phi) is 3.60. The number of ether oxygens (including phenoxy) is 1. The summed E-state index contributed by atoms with van der Waals surface area (Å²) in [5.41, 5.74) is 1.51. The summed E-state index contributed by atoms with van der Waals surface area (Å²) in [5.74, 6) is 0.682. The van der Waals surface area contributed by atoms with Gasteiger partial charge in [0.15, 0.2) is 0 Å². The number of nitriles is 1. The Bertz CT molecular complexity index is 439. The minimum atomic E-state index is 0.226. The Morgan fingerprint density at radius 3 is 3.00 bits per heavy atom. The third-order valence-corrected chi connectivity index (χ3v) is 3.23. The normalized spacial score (nSPS) is 23.4. The van der Waals surface area contributed by atoms with Gasteiger partial charge in [-0.05, 0) is 38.3 Å². The first-order valence-corrected chi connectivity index (χ1v) is 5.91. The molecular formula is C13H17N3O. The molecule has 17 heavy (non-hydrogen) atoms. The second-order valence-electron chi connectivity index (χ2n) is 4.42. The monoisotopic (exact) mass is 231 g/mol. The fourth-order valence-electron chi connectivity index (χ4n) is 2.31. The molecule has 1 aliphatic rings. The molecule has 1 aliphatic carbocycles. The van der Waals surface area contributed by atoms with Gasteiger partial charge in [-0.2, -0.15) is 5.26 Å². The van der Waals surface area contributed by atoms with Crippen LogP contribution in [0.3, 0.4) is 0 Å². The van der Waals surface area contributed by atoms with Crippen molar-refractivity contribution in [3.05, 3.63) is 23.4 Å². The average Bonchev–Trinajstić information content (AvgIpc) is 2.77. The first-order chi connectivity index (χ1) is 8.24. The zero-order valence-corrected chi connectivity index (χ0v) is 10.2. The van der Waals surface area contributed by atoms with Crippen molar-refractivity contribution >= 4 is 5.82 Å². The van der Waals surface area contributed by atoms with Crippen molar-refractivity contribution in [3.63, 3.8) is 0 Å². The summed E-state index contributed by atoms with van der Waals surface area (Å²) < 4.78 is 5.43. The lowest BCUT2D eigenvalue weighted by Crippen LogP contribution is -2.30. The molecule has 0 amide bonds. The van der Waals surface area contributed by atoms with Crippen LogP contribution in [0.1, 0.15) is 30.5 Å². The van der Waals surface area contributed by atoms with Crippen LogP contribution in [0.5, 0.6) is 0 Å². The number of nitrogens with zero attached hydrogens (tertiary/aromatic N) is 2. The number of rotatable bonds is 3. The van der Waals surface area contributed by atoms with E-state index in [9.17, 15) is 0 Å². The highest BCUT2D eigenvalue weighted by Gasteiger charge is 2.27. The first-order valence-electron chi connectivity index (χ1n) is 5.91. The lowest BCUT2D eigenvalue weighted by Gasteiger charge is -2.20. The average molecular weight is 231 g/mol. The van der Waals surface area contributed by atoms with E-state index in [1.54, 1.807) is 13.2 Å². The van der Waals surface area contributed by atoms with Gasteiger partial charge in [0.2, 0.25) is 0 Å². The lowest BCUT2D eigenvalue weighted by atomic mass is 10.2. The van der Waals surface area contributed by atoms with E-state index in [1.807, 2.05) is 13.0 Å². The van der Waals surface area contributed by atoms with E-state index in [-0.39, 0.29) is 12.1 Å². The van der Waals surface area contributed by atoms with Gasteiger partial charge in [-0.3, -0.25) is 0 Å². The highest BCUT2D eigenvalue weighted by Crippen LogP contribution is 2.25. The molecule has 1 aromatic heterocycles. The second kappa shape index (κ2) is 5.15. The van der Waals surface area contributed by atoms with Gasteiger partial charge in [0.05, 0.1) is 17.7 Å². The summed E-state index contributed by atoms with van der Waals surface area (Å²) >= 11 is 0. The summed E-state index contributed by atoms with van der Waals surface area (Å²) in [6.45, 7) is 1.93. The molecule has 0 bridgehead atoms. The number of hydrogen-bond donors (Lipinski definition) is 1. The lowest BCUT2D eigenvalue weighted by molar-refractivity contribution is 0.101. The minimum absolute atomic E-state index is 0.226. The van der Waals surface area contributed by atoms with Gasteiger partial charge >= 0.3 is 0 Å². The summed E-state index contributed by atoms with van der Waals surface area (Å²) in [5, 5.41) is 12.4. The van der Waals surface area contributed by atoms with Crippen molar-refractivity contribution in [2.45, 2.75) is 38.3 Å². The van der Waals surface area contributed by atoms with E-state index in [0.717, 1.165) is 25.0 Å². The largest absolute Gasteiger partial charge is 0.379 e. The van der Waals surface area contributed by atoms with Gasteiger partial charge in [-0.25, -0.2) is 4.98 Å². The molecule has 0 saturated heterocycles. The fourth-order valence-corrected chi connectivity index (χ4v) is 2.31. The third-order valence-electron chi connectivity index (χ3n) is 3.23. The molecule has 2 atom stereocenters. The topological polar surface area (TPSA) is 57.9 Å². The highest BCUT2D eigenvalue weighted by atomic mass is 16.5. The molecular weight excluding hydrogens is 214 g/mol. The van der Waals surface area contributed by atoms with Crippen LogP contribution in [-0.4, -0.2) is 24.2 Å². The number of anilines is 1. The molecule has 0 aliphatic heterocycles. The Morgan fingerprint density at radius 1 is 1.47 bits per heavy atom. The summed E-state index contributed by atoms with van der Waals surface area (Å²) in [7, 11) is 1.74. The predicted octanol–water partition coefficient (Wildman–Crippen LogP) is 2.24. The molecule has 1 saturated carbocycles. The molecule has 0 aromatic carbocycles. The maximum absolute atomic E-state index is 9.05. The second-order valence-corrected chi connectivity index (χ2v) is 4.42. The van der Waals surface area contributed by atoms with E-state index in [1.165, 1.54) is 0 Å². The first kappa shape index (κ1) is 11.9. The van der Waals surface area contributed by atoms with Gasteiger partial charge in [0.1, 0.15) is 11.9 Å². The molecule has 2 unspecified atom stereocenters. The van der Waals surface area contributed by atoms with Crippen LogP contribution in [0.25, 0.3) is 0 Å². The van der Waals surface area contributed by atoms with Crippen molar-refractivity contribution in [1.82, 2.24) is 4.98 Å². The van der Waals surface area contributed by atoms with Crippen LogP contribution in [-0.2, 0) is 4.74 Å². The molecule has 0 spiro atoms. The SMILES string of the molecule is COC1CCCC1Nc1nc(C)ccc1C#N. The Morgan fingerprint density at radius 2 is 2.29 bits per heavy atom. The van der Waals surface area contributed by atoms with Crippen molar-refractivity contribution in [3.8, 4) is 6.07 Å². The van der Waals surface area contributed by atoms with Gasteiger partial charge < -0.3 is 10.1 Å². The molecule has 90 valence electrons. The summed E-state index contributed by atoms with van der Waals surface area (Å²) in [6.07, 6.45) is 3.52. The van der Waals surface area contributed by atoms with Crippen molar-refractivity contribution in [1.29, 1.82) is 5.26 Å². The van der Waals surface area contributed by atoms with Crippen LogP contribution < -0.4 is 5.32 Å². The quantitative estimate of drug-likeness (QED) is 0.866. The Balaban J connectivity index is 2.18. The smallest absolute Gasteiger partial charge is 0.144 e. The maximum atomic E-state index is 9.05. The van der Waals surface area contributed by atoms with Crippen molar-refractivity contribution in [2.75, 3.05) is 12.4 Å². The van der Waals surface area contributed by atoms with Crippen LogP contribution in [0, 0.1) is 18.3 Å². The van der Waals surface area contributed by atoms with Gasteiger partial charge in [0, 0.05) is 12.8 Å². The van der Waals surface area contributed by atoms with Crippen molar-refractivity contribution in [2.24, 2.45) is 0 Å². The van der Waals surface area contributed by atoms with Crippen LogP contribution in [0.2, 0.25) is 0 Å². The molecule has 1 aromatic rings. The van der Waals surface area contributed by atoms with E-state index in [2.05, 4.69) is 16.4 Å². The number of nitrogens with one attached hydrogen (secondary N) is 1. The molecule has 4 heteroatoms. The minimum Gasteiger partial charge on any atom is -0.379 e. The number of hydrogen-bond acceptors (Lipinski definition) is 4. The third kappa shape index (κ3) is 2.56. The zero-order valence-electron chi connectivity index (χ0n) is 10.2. The highest BCUT2D eigenvalue weighted by molar-refractivity contribution is 5.53. The maximum Gasteiger partial charge on any atom is 0.144 e. The van der Waals surface area contributed by atoms with Gasteiger partial charge in [0.25, 0.3) is 0 Å². The number of aromatic nitrogens is 1. The van der Waals surface area contributed by atoms with E-state index in [4.69, 9.17) is 10.00 Å². The molecule has 1 fully saturated rings. The van der Waals surface area contributed by atoms with Crippen LogP contribution in [0.4, 0.5) is 5.82 Å². The fraction of sp³-hybridized carbons (Fsp3) is 0.538. The van der Waals surface area contributed by atoms with Crippen molar-refractivity contribution < 1.29 is 4.74 Å². The van der Waals surface area contributed by atoms with Gasteiger partial charge in [-0.1, -0.05) is 0 Å². The number of pyridine rings is 1. The number of aryl methyl sites for hydroxylation is 1. The summed E-state index contributed by atoms with van der Waals surface area (Å²) in [6, 6.07) is 6.09. The molecule has 0 radical (unpaired) electrons. The van der Waals surface area contributed by atoms with Crippen LogP contribution in [0.15, 0.2) is 12.1 Å². The standard InChI is InChI=1S/C13H17N3O/c1-9-6-7-10(8-14)13(15-9)16-11-4-3-5-12(11)17-2/h6-7,11-12H,3-5H2,1-2H3,(H,15,16). The zero-order chi connectivity index (χ0) is 12.3.